The van der Waals surface area contributed by atoms with Gasteiger partial charge in [0.1, 0.15) is 5.82 Å². The zero-order valence-electron chi connectivity index (χ0n) is 14.3. The van der Waals surface area contributed by atoms with Gasteiger partial charge in [0, 0.05) is 5.56 Å². The van der Waals surface area contributed by atoms with Crippen molar-refractivity contribution in [1.82, 2.24) is 10.1 Å². The van der Waals surface area contributed by atoms with Crippen molar-refractivity contribution >= 4 is 5.97 Å². The van der Waals surface area contributed by atoms with E-state index in [0.717, 1.165) is 16.7 Å². The molecule has 0 aliphatic rings. The van der Waals surface area contributed by atoms with E-state index < -0.39 is 11.8 Å². The van der Waals surface area contributed by atoms with Gasteiger partial charge in [-0.25, -0.2) is 9.18 Å². The Morgan fingerprint density at radius 3 is 2.44 bits per heavy atom. The lowest BCUT2D eigenvalue weighted by Crippen LogP contribution is -2.00. The second-order valence-electron chi connectivity index (χ2n) is 6.06. The third kappa shape index (κ3) is 2.91. The summed E-state index contributed by atoms with van der Waals surface area (Å²) in [6, 6.07) is 6.47. The van der Waals surface area contributed by atoms with Gasteiger partial charge in [0.2, 0.25) is 5.82 Å². The number of carboxylic acid groups (broad SMARTS) is 1. The highest BCUT2D eigenvalue weighted by atomic mass is 19.1. The minimum absolute atomic E-state index is 0.0633. The molecule has 3 rings (SSSR count). The quantitative estimate of drug-likeness (QED) is 0.761. The van der Waals surface area contributed by atoms with E-state index in [0.29, 0.717) is 11.1 Å². The number of halogens is 1. The average molecular weight is 340 g/mol. The van der Waals surface area contributed by atoms with Crippen LogP contribution in [0.2, 0.25) is 0 Å². The third-order valence-electron chi connectivity index (χ3n) is 4.47. The van der Waals surface area contributed by atoms with Crippen LogP contribution in [-0.2, 0) is 0 Å². The molecular weight excluding hydrogens is 323 g/mol. The summed E-state index contributed by atoms with van der Waals surface area (Å²) in [4.78, 5) is 15.5. The number of nitrogens with zero attached hydrogens (tertiary/aromatic N) is 2. The number of hydrogen-bond acceptors (Lipinski definition) is 4. The number of rotatable bonds is 3. The number of benzene rings is 2. The Morgan fingerprint density at radius 2 is 1.76 bits per heavy atom. The molecule has 6 heteroatoms. The predicted octanol–water partition coefficient (Wildman–Crippen LogP) is 4.47. The lowest BCUT2D eigenvalue weighted by atomic mass is 9.99. The number of carboxylic acids is 1. The molecule has 0 atom stereocenters. The molecule has 0 aliphatic heterocycles. The standard InChI is InChI=1S/C19H17FN2O3/c1-9-5-6-14(16(20)12(9)4)18-21-17(22-25-18)15-8-13(19(23)24)7-10(2)11(15)3/h5-8H,1-4H3,(H,23,24). The number of carbonyl (C=O) groups is 1. The largest absolute Gasteiger partial charge is 0.478 e. The van der Waals surface area contributed by atoms with Crippen LogP contribution in [0.1, 0.15) is 32.6 Å². The minimum Gasteiger partial charge on any atom is -0.478 e. The summed E-state index contributed by atoms with van der Waals surface area (Å²) in [6.45, 7) is 7.18. The molecule has 0 bridgehead atoms. The Kier molecular flexibility index (Phi) is 4.12. The van der Waals surface area contributed by atoms with Gasteiger partial charge in [-0.05, 0) is 68.1 Å². The highest BCUT2D eigenvalue weighted by Crippen LogP contribution is 2.30. The molecule has 1 aromatic heterocycles. The molecule has 128 valence electrons. The van der Waals surface area contributed by atoms with Gasteiger partial charge < -0.3 is 9.63 Å². The first kappa shape index (κ1) is 16.8. The van der Waals surface area contributed by atoms with E-state index in [4.69, 9.17) is 4.52 Å². The van der Waals surface area contributed by atoms with Crippen LogP contribution >= 0.6 is 0 Å². The Hall–Kier alpha value is -3.02. The molecular formula is C19H17FN2O3. The lowest BCUT2D eigenvalue weighted by Gasteiger charge is -2.07. The summed E-state index contributed by atoms with van der Waals surface area (Å²) < 4.78 is 19.7. The third-order valence-corrected chi connectivity index (χ3v) is 4.47. The molecule has 0 saturated carbocycles. The SMILES string of the molecule is Cc1cc(C(=O)O)cc(-c2noc(-c3ccc(C)c(C)c3F)n2)c1C. The first-order valence-electron chi connectivity index (χ1n) is 7.74. The van der Waals surface area contributed by atoms with E-state index in [2.05, 4.69) is 10.1 Å². The maximum Gasteiger partial charge on any atom is 0.335 e. The average Bonchev–Trinajstić information content (AvgIpc) is 3.04. The predicted molar refractivity (Wildman–Crippen MR) is 91.0 cm³/mol. The van der Waals surface area contributed by atoms with Crippen LogP contribution in [0.3, 0.4) is 0 Å². The number of hydrogen-bond donors (Lipinski definition) is 1. The summed E-state index contributed by atoms with van der Waals surface area (Å²) >= 11 is 0. The summed E-state index contributed by atoms with van der Waals surface area (Å²) in [5, 5.41) is 13.1. The van der Waals surface area contributed by atoms with Gasteiger partial charge in [0.05, 0.1) is 11.1 Å². The summed E-state index contributed by atoms with van der Waals surface area (Å²) in [7, 11) is 0. The van der Waals surface area contributed by atoms with Crippen LogP contribution in [0.5, 0.6) is 0 Å². The zero-order valence-corrected chi connectivity index (χ0v) is 14.3. The Labute approximate surface area is 144 Å². The van der Waals surface area contributed by atoms with Crippen molar-refractivity contribution in [3.8, 4) is 22.8 Å². The maximum absolute atomic E-state index is 14.5. The lowest BCUT2D eigenvalue weighted by molar-refractivity contribution is 0.0697. The molecule has 0 saturated heterocycles. The van der Waals surface area contributed by atoms with Crippen LogP contribution in [-0.4, -0.2) is 21.2 Å². The topological polar surface area (TPSA) is 76.2 Å². The Bertz CT molecular complexity index is 993. The molecule has 3 aromatic rings. The van der Waals surface area contributed by atoms with Crippen molar-refractivity contribution in [3.63, 3.8) is 0 Å². The van der Waals surface area contributed by atoms with Crippen molar-refractivity contribution in [3.05, 3.63) is 57.9 Å². The molecule has 0 amide bonds. The number of aromatic nitrogens is 2. The fourth-order valence-electron chi connectivity index (χ4n) is 2.60. The fourth-order valence-corrected chi connectivity index (χ4v) is 2.60. The van der Waals surface area contributed by atoms with Crippen molar-refractivity contribution in [1.29, 1.82) is 0 Å². The molecule has 0 spiro atoms. The highest BCUT2D eigenvalue weighted by molar-refractivity contribution is 5.90. The fraction of sp³-hybridized carbons (Fsp3) is 0.211. The van der Waals surface area contributed by atoms with E-state index in [-0.39, 0.29) is 22.8 Å². The zero-order chi connectivity index (χ0) is 18.3. The summed E-state index contributed by atoms with van der Waals surface area (Å²) in [5.74, 6) is -1.14. The van der Waals surface area contributed by atoms with Crippen LogP contribution in [0, 0.1) is 33.5 Å². The first-order valence-corrected chi connectivity index (χ1v) is 7.74. The second kappa shape index (κ2) is 6.12. The summed E-state index contributed by atoms with van der Waals surface area (Å²) in [5.41, 5.74) is 3.93. The van der Waals surface area contributed by atoms with E-state index in [1.54, 1.807) is 25.1 Å². The van der Waals surface area contributed by atoms with Crippen LogP contribution < -0.4 is 0 Å². The van der Waals surface area contributed by atoms with Gasteiger partial charge in [-0.1, -0.05) is 11.2 Å². The van der Waals surface area contributed by atoms with Gasteiger partial charge in [0.25, 0.3) is 5.89 Å². The van der Waals surface area contributed by atoms with Gasteiger partial charge >= 0.3 is 5.97 Å². The summed E-state index contributed by atoms with van der Waals surface area (Å²) in [6.07, 6.45) is 0. The van der Waals surface area contributed by atoms with Gasteiger partial charge in [-0.3, -0.25) is 0 Å². The normalized spacial score (nSPS) is 10.9. The van der Waals surface area contributed by atoms with Crippen molar-refractivity contribution in [2.75, 3.05) is 0 Å². The highest BCUT2D eigenvalue weighted by Gasteiger charge is 2.19. The molecule has 0 aliphatic carbocycles. The van der Waals surface area contributed by atoms with Crippen LogP contribution in [0.15, 0.2) is 28.8 Å². The monoisotopic (exact) mass is 340 g/mol. The smallest absolute Gasteiger partial charge is 0.335 e. The second-order valence-corrected chi connectivity index (χ2v) is 6.06. The van der Waals surface area contributed by atoms with Crippen LogP contribution in [0.4, 0.5) is 4.39 Å². The van der Waals surface area contributed by atoms with E-state index in [1.165, 1.54) is 6.07 Å². The Balaban J connectivity index is 2.12. The molecule has 0 fully saturated rings. The van der Waals surface area contributed by atoms with Gasteiger partial charge in [0.15, 0.2) is 0 Å². The molecule has 25 heavy (non-hydrogen) atoms. The van der Waals surface area contributed by atoms with E-state index >= 15 is 0 Å². The van der Waals surface area contributed by atoms with Gasteiger partial charge in [-0.15, -0.1) is 0 Å². The maximum atomic E-state index is 14.5. The van der Waals surface area contributed by atoms with Crippen molar-refractivity contribution in [2.24, 2.45) is 0 Å². The van der Waals surface area contributed by atoms with E-state index in [1.807, 2.05) is 20.8 Å². The molecule has 5 nitrogen and oxygen atoms in total. The molecule has 0 radical (unpaired) electrons. The van der Waals surface area contributed by atoms with Gasteiger partial charge in [-0.2, -0.15) is 4.98 Å². The van der Waals surface area contributed by atoms with Crippen molar-refractivity contribution in [2.45, 2.75) is 27.7 Å². The van der Waals surface area contributed by atoms with Crippen LogP contribution in [0.25, 0.3) is 22.8 Å². The molecule has 1 N–H and O–H groups in total. The van der Waals surface area contributed by atoms with E-state index in [9.17, 15) is 14.3 Å². The molecule has 0 unspecified atom stereocenters. The first-order chi connectivity index (χ1) is 11.8. The molecule has 2 aromatic carbocycles. The van der Waals surface area contributed by atoms with Crippen molar-refractivity contribution < 1.29 is 18.8 Å². The number of aromatic carboxylic acids is 1. The number of aryl methyl sites for hydroxylation is 2. The minimum atomic E-state index is -1.03. The Morgan fingerprint density at radius 1 is 1.04 bits per heavy atom. The molecule has 1 heterocycles.